The lowest BCUT2D eigenvalue weighted by Gasteiger charge is -2.05. The van der Waals surface area contributed by atoms with Gasteiger partial charge in [-0.25, -0.2) is 0 Å². The summed E-state index contributed by atoms with van der Waals surface area (Å²) < 4.78 is 0. The highest BCUT2D eigenvalue weighted by atomic mass is 16.1. The van der Waals surface area contributed by atoms with Crippen molar-refractivity contribution >= 4 is 11.6 Å². The molecule has 0 unspecified atom stereocenters. The second-order valence-corrected chi connectivity index (χ2v) is 3.16. The average molecular weight is 202 g/mol. The first-order valence-corrected chi connectivity index (χ1v) is 4.73. The van der Waals surface area contributed by atoms with Crippen LogP contribution < -0.4 is 10.6 Å². The van der Waals surface area contributed by atoms with Crippen molar-refractivity contribution in [1.82, 2.24) is 5.32 Å². The van der Waals surface area contributed by atoms with Gasteiger partial charge in [0.2, 0.25) is 5.91 Å². The van der Waals surface area contributed by atoms with Crippen molar-refractivity contribution in [3.05, 3.63) is 29.8 Å². The van der Waals surface area contributed by atoms with Crippen molar-refractivity contribution in [2.45, 2.75) is 13.0 Å². The van der Waals surface area contributed by atoms with Gasteiger partial charge in [0.15, 0.2) is 0 Å². The standard InChI is InChI=1S/C12H14N2O/c1-3-5-12(15)14-11-7-4-6-10(8-11)9-13-2/h1,4,6-8,13H,5,9H2,2H3,(H,14,15). The van der Waals surface area contributed by atoms with Crippen molar-refractivity contribution in [3.63, 3.8) is 0 Å². The van der Waals surface area contributed by atoms with Gasteiger partial charge in [-0.15, -0.1) is 6.42 Å². The Balaban J connectivity index is 2.65. The number of nitrogens with one attached hydrogen (secondary N) is 2. The van der Waals surface area contributed by atoms with Crippen LogP contribution in [0.2, 0.25) is 0 Å². The van der Waals surface area contributed by atoms with E-state index in [1.165, 1.54) is 0 Å². The fraction of sp³-hybridized carbons (Fsp3) is 0.250. The molecule has 1 amide bonds. The van der Waals surface area contributed by atoms with Crippen molar-refractivity contribution in [2.75, 3.05) is 12.4 Å². The van der Waals surface area contributed by atoms with Gasteiger partial charge in [0.05, 0.1) is 6.42 Å². The maximum Gasteiger partial charge on any atom is 0.236 e. The van der Waals surface area contributed by atoms with E-state index in [2.05, 4.69) is 16.6 Å². The minimum absolute atomic E-state index is 0.107. The van der Waals surface area contributed by atoms with Crippen molar-refractivity contribution in [1.29, 1.82) is 0 Å². The highest BCUT2D eigenvalue weighted by Gasteiger charge is 2.00. The van der Waals surface area contributed by atoms with E-state index in [0.29, 0.717) is 0 Å². The van der Waals surface area contributed by atoms with Crippen LogP contribution in [0.3, 0.4) is 0 Å². The van der Waals surface area contributed by atoms with E-state index < -0.39 is 0 Å². The number of benzene rings is 1. The first-order chi connectivity index (χ1) is 7.26. The number of terminal acetylenes is 1. The summed E-state index contributed by atoms with van der Waals surface area (Å²) in [6, 6.07) is 7.66. The largest absolute Gasteiger partial charge is 0.325 e. The van der Waals surface area contributed by atoms with E-state index in [-0.39, 0.29) is 12.3 Å². The highest BCUT2D eigenvalue weighted by molar-refractivity contribution is 5.92. The molecule has 78 valence electrons. The Kier molecular flexibility index (Phi) is 4.39. The molecule has 3 nitrogen and oxygen atoms in total. The zero-order valence-corrected chi connectivity index (χ0v) is 8.71. The third-order valence-electron chi connectivity index (χ3n) is 1.85. The Hall–Kier alpha value is -1.79. The van der Waals surface area contributed by atoms with Gasteiger partial charge in [0.25, 0.3) is 0 Å². The zero-order chi connectivity index (χ0) is 11.1. The van der Waals surface area contributed by atoms with Crippen LogP contribution >= 0.6 is 0 Å². The van der Waals surface area contributed by atoms with Gasteiger partial charge < -0.3 is 10.6 Å². The summed E-state index contributed by atoms with van der Waals surface area (Å²) in [5.41, 5.74) is 1.90. The molecule has 0 fully saturated rings. The van der Waals surface area contributed by atoms with Gasteiger partial charge in [-0.05, 0) is 24.7 Å². The zero-order valence-electron chi connectivity index (χ0n) is 8.71. The lowest BCUT2D eigenvalue weighted by atomic mass is 10.2. The van der Waals surface area contributed by atoms with Crippen LogP contribution in [0.4, 0.5) is 5.69 Å². The SMILES string of the molecule is C#CCC(=O)Nc1cccc(CNC)c1. The van der Waals surface area contributed by atoms with Gasteiger partial charge >= 0.3 is 0 Å². The van der Waals surface area contributed by atoms with Gasteiger partial charge in [-0.3, -0.25) is 4.79 Å². The first kappa shape index (κ1) is 11.3. The van der Waals surface area contributed by atoms with Crippen LogP contribution in [-0.2, 0) is 11.3 Å². The second-order valence-electron chi connectivity index (χ2n) is 3.16. The predicted octanol–water partition coefficient (Wildman–Crippen LogP) is 1.37. The Morgan fingerprint density at radius 3 is 3.00 bits per heavy atom. The first-order valence-electron chi connectivity index (χ1n) is 4.73. The molecule has 0 heterocycles. The van der Waals surface area contributed by atoms with Gasteiger partial charge in [-0.1, -0.05) is 18.1 Å². The van der Waals surface area contributed by atoms with Crippen LogP contribution in [0.15, 0.2) is 24.3 Å². The number of hydrogen-bond donors (Lipinski definition) is 2. The molecule has 1 aromatic rings. The van der Waals surface area contributed by atoms with E-state index in [4.69, 9.17) is 6.42 Å². The lowest BCUT2D eigenvalue weighted by molar-refractivity contribution is -0.115. The maximum atomic E-state index is 11.2. The quantitative estimate of drug-likeness (QED) is 0.724. The highest BCUT2D eigenvalue weighted by Crippen LogP contribution is 2.10. The molecular weight excluding hydrogens is 188 g/mol. The molecule has 2 N–H and O–H groups in total. The van der Waals surface area contributed by atoms with Crippen LogP contribution in [0.25, 0.3) is 0 Å². The fourth-order valence-electron chi connectivity index (χ4n) is 1.26. The molecule has 0 aliphatic carbocycles. The van der Waals surface area contributed by atoms with Gasteiger partial charge in [0, 0.05) is 12.2 Å². The van der Waals surface area contributed by atoms with E-state index in [1.54, 1.807) is 0 Å². The van der Waals surface area contributed by atoms with E-state index in [9.17, 15) is 4.79 Å². The molecule has 0 saturated carbocycles. The third-order valence-corrected chi connectivity index (χ3v) is 1.85. The Labute approximate surface area is 89.9 Å². The molecule has 0 bridgehead atoms. The number of rotatable bonds is 4. The van der Waals surface area contributed by atoms with Gasteiger partial charge in [0.1, 0.15) is 0 Å². The molecule has 0 aliphatic rings. The molecule has 0 aliphatic heterocycles. The third kappa shape index (κ3) is 3.84. The molecule has 1 rings (SSSR count). The number of anilines is 1. The smallest absolute Gasteiger partial charge is 0.236 e. The normalized spacial score (nSPS) is 9.33. The topological polar surface area (TPSA) is 41.1 Å². The van der Waals surface area contributed by atoms with Crippen molar-refractivity contribution in [2.24, 2.45) is 0 Å². The molecule has 0 aromatic heterocycles. The molecular formula is C12H14N2O. The van der Waals surface area contributed by atoms with Crippen molar-refractivity contribution in [3.8, 4) is 12.3 Å². The summed E-state index contributed by atoms with van der Waals surface area (Å²) in [4.78, 5) is 11.2. The molecule has 3 heteroatoms. The molecule has 0 spiro atoms. The Bertz CT molecular complexity index is 379. The van der Waals surface area contributed by atoms with E-state index in [1.807, 2.05) is 31.3 Å². The molecule has 0 saturated heterocycles. The van der Waals surface area contributed by atoms with E-state index >= 15 is 0 Å². The van der Waals surface area contributed by atoms with Crippen molar-refractivity contribution < 1.29 is 4.79 Å². The predicted molar refractivity (Wildman–Crippen MR) is 61.3 cm³/mol. The summed E-state index contributed by atoms with van der Waals surface area (Å²) in [6.07, 6.45) is 5.15. The average Bonchev–Trinajstić information content (AvgIpc) is 2.19. The summed E-state index contributed by atoms with van der Waals surface area (Å²) in [6.45, 7) is 0.777. The fourth-order valence-corrected chi connectivity index (χ4v) is 1.26. The molecule has 0 radical (unpaired) electrons. The van der Waals surface area contributed by atoms with Gasteiger partial charge in [-0.2, -0.15) is 0 Å². The van der Waals surface area contributed by atoms with E-state index in [0.717, 1.165) is 17.8 Å². The monoisotopic (exact) mass is 202 g/mol. The molecule has 15 heavy (non-hydrogen) atoms. The van der Waals surface area contributed by atoms with Crippen LogP contribution in [0, 0.1) is 12.3 Å². The summed E-state index contributed by atoms with van der Waals surface area (Å²) >= 11 is 0. The van der Waals surface area contributed by atoms with Crippen LogP contribution in [0.1, 0.15) is 12.0 Å². The minimum Gasteiger partial charge on any atom is -0.325 e. The number of hydrogen-bond acceptors (Lipinski definition) is 2. The summed E-state index contributed by atoms with van der Waals surface area (Å²) in [5.74, 6) is 2.15. The number of carbonyl (C=O) groups excluding carboxylic acids is 1. The van der Waals surface area contributed by atoms with Crippen LogP contribution in [-0.4, -0.2) is 13.0 Å². The summed E-state index contributed by atoms with van der Waals surface area (Å²) in [5, 5.41) is 5.78. The number of carbonyl (C=O) groups is 1. The van der Waals surface area contributed by atoms with Crippen LogP contribution in [0.5, 0.6) is 0 Å². The Morgan fingerprint density at radius 2 is 2.33 bits per heavy atom. The lowest BCUT2D eigenvalue weighted by Crippen LogP contribution is -2.11. The summed E-state index contributed by atoms with van der Waals surface area (Å²) in [7, 11) is 1.88. The maximum absolute atomic E-state index is 11.2. The molecule has 1 aromatic carbocycles. The minimum atomic E-state index is -0.154. The second kappa shape index (κ2) is 5.84. The Morgan fingerprint density at radius 1 is 1.53 bits per heavy atom. The number of amides is 1. The molecule has 0 atom stereocenters.